The van der Waals surface area contributed by atoms with E-state index in [4.69, 9.17) is 4.74 Å². The second kappa shape index (κ2) is 6.23. The van der Waals surface area contributed by atoms with Gasteiger partial charge < -0.3 is 10.1 Å². The predicted molar refractivity (Wildman–Crippen MR) is 75.0 cm³/mol. The molecule has 0 spiro atoms. The van der Waals surface area contributed by atoms with Gasteiger partial charge in [0, 0.05) is 11.0 Å². The van der Waals surface area contributed by atoms with Crippen LogP contribution in [-0.2, 0) is 0 Å². The van der Waals surface area contributed by atoms with E-state index in [1.807, 2.05) is 6.07 Å². The molecule has 0 unspecified atom stereocenters. The largest absolute Gasteiger partial charge is 0.496 e. The fourth-order valence-corrected chi connectivity index (χ4v) is 2.77. The van der Waals surface area contributed by atoms with Crippen molar-refractivity contribution in [1.82, 2.24) is 5.32 Å². The van der Waals surface area contributed by atoms with Gasteiger partial charge >= 0.3 is 0 Å². The van der Waals surface area contributed by atoms with Crippen molar-refractivity contribution in [2.24, 2.45) is 5.92 Å². The standard InChI is InChI=1S/C14H18BrNO2/c1-18-13-7-6-11(15)8-12(13)14(17)16-9-10-4-2-3-5-10/h6-8,10H,2-5,9H2,1H3,(H,16,17). The van der Waals surface area contributed by atoms with Crippen LogP contribution in [-0.4, -0.2) is 19.6 Å². The third-order valence-electron chi connectivity index (χ3n) is 3.43. The molecule has 18 heavy (non-hydrogen) atoms. The third-order valence-corrected chi connectivity index (χ3v) is 3.93. The first kappa shape index (κ1) is 13.4. The summed E-state index contributed by atoms with van der Waals surface area (Å²) in [5.74, 6) is 1.20. The van der Waals surface area contributed by atoms with Crippen LogP contribution in [0.2, 0.25) is 0 Å². The summed E-state index contributed by atoms with van der Waals surface area (Å²) in [5, 5.41) is 3.00. The summed E-state index contributed by atoms with van der Waals surface area (Å²) in [6.45, 7) is 0.772. The Hall–Kier alpha value is -1.03. The van der Waals surface area contributed by atoms with Gasteiger partial charge in [-0.3, -0.25) is 4.79 Å². The van der Waals surface area contributed by atoms with Gasteiger partial charge in [0.1, 0.15) is 5.75 Å². The van der Waals surface area contributed by atoms with E-state index in [9.17, 15) is 4.79 Å². The fraction of sp³-hybridized carbons (Fsp3) is 0.500. The first-order valence-corrected chi connectivity index (χ1v) is 7.11. The van der Waals surface area contributed by atoms with Crippen molar-refractivity contribution < 1.29 is 9.53 Å². The van der Waals surface area contributed by atoms with Crippen LogP contribution >= 0.6 is 15.9 Å². The van der Waals surface area contributed by atoms with E-state index in [1.54, 1.807) is 19.2 Å². The van der Waals surface area contributed by atoms with E-state index in [2.05, 4.69) is 21.2 Å². The second-order valence-electron chi connectivity index (χ2n) is 4.71. The van der Waals surface area contributed by atoms with E-state index >= 15 is 0 Å². The molecule has 1 amide bonds. The monoisotopic (exact) mass is 311 g/mol. The molecule has 1 aliphatic rings. The molecule has 4 heteroatoms. The van der Waals surface area contributed by atoms with Crippen LogP contribution in [0, 0.1) is 5.92 Å². The van der Waals surface area contributed by atoms with Gasteiger partial charge in [0.05, 0.1) is 12.7 Å². The molecule has 0 radical (unpaired) electrons. The normalized spacial score (nSPS) is 15.7. The van der Waals surface area contributed by atoms with Crippen molar-refractivity contribution in [2.45, 2.75) is 25.7 Å². The van der Waals surface area contributed by atoms with Gasteiger partial charge in [-0.05, 0) is 37.0 Å². The highest BCUT2D eigenvalue weighted by Gasteiger charge is 2.17. The number of methoxy groups -OCH3 is 1. The van der Waals surface area contributed by atoms with Crippen molar-refractivity contribution in [3.63, 3.8) is 0 Å². The molecular formula is C14H18BrNO2. The van der Waals surface area contributed by atoms with Crippen molar-refractivity contribution in [2.75, 3.05) is 13.7 Å². The van der Waals surface area contributed by atoms with E-state index < -0.39 is 0 Å². The minimum atomic E-state index is -0.0555. The van der Waals surface area contributed by atoms with E-state index in [1.165, 1.54) is 25.7 Å². The van der Waals surface area contributed by atoms with Gasteiger partial charge in [-0.25, -0.2) is 0 Å². The molecule has 3 nitrogen and oxygen atoms in total. The minimum absolute atomic E-state index is 0.0555. The minimum Gasteiger partial charge on any atom is -0.496 e. The predicted octanol–water partition coefficient (Wildman–Crippen LogP) is 3.38. The number of benzene rings is 1. The maximum Gasteiger partial charge on any atom is 0.255 e. The highest BCUT2D eigenvalue weighted by atomic mass is 79.9. The molecule has 0 aromatic heterocycles. The van der Waals surface area contributed by atoms with Crippen LogP contribution in [0.4, 0.5) is 0 Å². The molecule has 1 aromatic carbocycles. The lowest BCUT2D eigenvalue weighted by molar-refractivity contribution is 0.0944. The molecule has 0 bridgehead atoms. The summed E-state index contributed by atoms with van der Waals surface area (Å²) < 4.78 is 6.10. The Morgan fingerprint density at radius 3 is 2.83 bits per heavy atom. The van der Waals surface area contributed by atoms with E-state index in [0.29, 0.717) is 17.2 Å². The number of ether oxygens (including phenoxy) is 1. The molecule has 0 aliphatic heterocycles. The quantitative estimate of drug-likeness (QED) is 0.925. The molecule has 0 atom stereocenters. The van der Waals surface area contributed by atoms with E-state index in [-0.39, 0.29) is 5.91 Å². The van der Waals surface area contributed by atoms with Crippen molar-refractivity contribution >= 4 is 21.8 Å². The van der Waals surface area contributed by atoms with Crippen LogP contribution in [0.15, 0.2) is 22.7 Å². The SMILES string of the molecule is COc1ccc(Br)cc1C(=O)NCC1CCCC1. The van der Waals surface area contributed by atoms with Crippen molar-refractivity contribution in [1.29, 1.82) is 0 Å². The lowest BCUT2D eigenvalue weighted by Gasteiger charge is -2.12. The molecule has 1 aliphatic carbocycles. The number of carbonyl (C=O) groups is 1. The molecule has 0 saturated heterocycles. The lowest BCUT2D eigenvalue weighted by atomic mass is 10.1. The summed E-state index contributed by atoms with van der Waals surface area (Å²) in [7, 11) is 1.58. The molecule has 1 saturated carbocycles. The average molecular weight is 312 g/mol. The maximum atomic E-state index is 12.1. The summed E-state index contributed by atoms with van der Waals surface area (Å²) in [5.41, 5.74) is 0.588. The zero-order chi connectivity index (χ0) is 13.0. The Kier molecular flexibility index (Phi) is 4.64. The summed E-state index contributed by atoms with van der Waals surface area (Å²) >= 11 is 3.38. The maximum absolute atomic E-state index is 12.1. The van der Waals surface area contributed by atoms with Crippen LogP contribution < -0.4 is 10.1 Å². The highest BCUT2D eigenvalue weighted by Crippen LogP contribution is 2.25. The van der Waals surface area contributed by atoms with Gasteiger partial charge in [-0.1, -0.05) is 28.8 Å². The van der Waals surface area contributed by atoms with Gasteiger partial charge in [-0.2, -0.15) is 0 Å². The zero-order valence-corrected chi connectivity index (χ0v) is 12.1. The number of amides is 1. The molecule has 2 rings (SSSR count). The van der Waals surface area contributed by atoms with Gasteiger partial charge in [0.15, 0.2) is 0 Å². The third kappa shape index (κ3) is 3.25. The zero-order valence-electron chi connectivity index (χ0n) is 10.5. The smallest absolute Gasteiger partial charge is 0.255 e. The first-order chi connectivity index (χ1) is 8.70. The summed E-state index contributed by atoms with van der Waals surface area (Å²) in [4.78, 5) is 12.1. The van der Waals surface area contributed by atoms with Gasteiger partial charge in [-0.15, -0.1) is 0 Å². The molecule has 0 heterocycles. The Labute approximate surface area is 116 Å². The fourth-order valence-electron chi connectivity index (χ4n) is 2.40. The Morgan fingerprint density at radius 1 is 1.44 bits per heavy atom. The molecule has 1 aromatic rings. The van der Waals surface area contributed by atoms with Gasteiger partial charge in [0.25, 0.3) is 5.91 Å². The summed E-state index contributed by atoms with van der Waals surface area (Å²) in [6, 6.07) is 5.46. The molecular weight excluding hydrogens is 294 g/mol. The Bertz CT molecular complexity index is 428. The number of rotatable bonds is 4. The van der Waals surface area contributed by atoms with E-state index in [0.717, 1.165) is 11.0 Å². The van der Waals surface area contributed by atoms with Crippen LogP contribution in [0.25, 0.3) is 0 Å². The number of carbonyl (C=O) groups excluding carboxylic acids is 1. The topological polar surface area (TPSA) is 38.3 Å². The first-order valence-electron chi connectivity index (χ1n) is 6.32. The number of hydrogen-bond acceptors (Lipinski definition) is 2. The lowest BCUT2D eigenvalue weighted by Crippen LogP contribution is -2.28. The Morgan fingerprint density at radius 2 is 2.17 bits per heavy atom. The van der Waals surface area contributed by atoms with Crippen LogP contribution in [0.5, 0.6) is 5.75 Å². The van der Waals surface area contributed by atoms with Crippen molar-refractivity contribution in [3.05, 3.63) is 28.2 Å². The van der Waals surface area contributed by atoms with Crippen LogP contribution in [0.1, 0.15) is 36.0 Å². The van der Waals surface area contributed by atoms with Crippen molar-refractivity contribution in [3.8, 4) is 5.75 Å². The molecule has 1 fully saturated rings. The molecule has 1 N–H and O–H groups in total. The van der Waals surface area contributed by atoms with Crippen LogP contribution in [0.3, 0.4) is 0 Å². The second-order valence-corrected chi connectivity index (χ2v) is 5.62. The van der Waals surface area contributed by atoms with Gasteiger partial charge in [0.2, 0.25) is 0 Å². The Balaban J connectivity index is 2.00. The molecule has 98 valence electrons. The number of hydrogen-bond donors (Lipinski definition) is 1. The number of nitrogens with one attached hydrogen (secondary N) is 1. The highest BCUT2D eigenvalue weighted by molar-refractivity contribution is 9.10. The number of halogens is 1. The average Bonchev–Trinajstić information content (AvgIpc) is 2.89. The summed E-state index contributed by atoms with van der Waals surface area (Å²) in [6.07, 6.45) is 5.05.